The molecule has 9 rings (SSSR count). The third-order valence-electron chi connectivity index (χ3n) is 10.0. The summed E-state index contributed by atoms with van der Waals surface area (Å²) >= 11 is 1.70. The van der Waals surface area contributed by atoms with E-state index in [4.69, 9.17) is 6.85 Å². The minimum absolute atomic E-state index is 0.0524. The lowest BCUT2D eigenvalue weighted by Gasteiger charge is -2.24. The molecule has 51 heavy (non-hydrogen) atoms. The molecule has 1 nitrogen and oxygen atoms in total. The second-order valence-electron chi connectivity index (χ2n) is 13.4. The molecule has 1 heterocycles. The van der Waals surface area contributed by atoms with Gasteiger partial charge in [0.1, 0.15) is 5.00 Å². The van der Waals surface area contributed by atoms with Crippen molar-refractivity contribution < 1.29 is 6.85 Å². The summed E-state index contributed by atoms with van der Waals surface area (Å²) in [6.45, 7) is 4.63. The van der Waals surface area contributed by atoms with Crippen LogP contribution in [0.3, 0.4) is 0 Å². The highest BCUT2D eigenvalue weighted by molar-refractivity contribution is 7.19. The van der Waals surface area contributed by atoms with E-state index in [0.717, 1.165) is 37.9 Å². The van der Waals surface area contributed by atoms with Gasteiger partial charge in [-0.2, -0.15) is 0 Å². The number of nitrogens with zero attached hydrogens (tertiary/aromatic N) is 1. The summed E-state index contributed by atoms with van der Waals surface area (Å²) in [5, 5.41) is 1.02. The van der Waals surface area contributed by atoms with E-state index in [0.29, 0.717) is 5.56 Å². The van der Waals surface area contributed by atoms with Crippen molar-refractivity contribution in [2.45, 2.75) is 19.3 Å². The molecular weight excluding hydrogens is 635 g/mol. The second-order valence-corrected chi connectivity index (χ2v) is 14.5. The number of hydrogen-bond acceptors (Lipinski definition) is 2. The smallest absolute Gasteiger partial charge is 0.101 e. The molecule has 1 aliphatic carbocycles. The Morgan fingerprint density at radius 2 is 0.980 bits per heavy atom. The molecule has 2 heteroatoms. The minimum atomic E-state index is -0.396. The Bertz CT molecular complexity index is 2720. The third-order valence-corrected chi connectivity index (χ3v) is 11.2. The molecule has 244 valence electrons. The van der Waals surface area contributed by atoms with E-state index in [9.17, 15) is 0 Å². The lowest BCUT2D eigenvalue weighted by atomic mass is 9.81. The van der Waals surface area contributed by atoms with Crippen LogP contribution in [-0.4, -0.2) is 0 Å². The summed E-state index contributed by atoms with van der Waals surface area (Å²) in [7, 11) is 0. The highest BCUT2D eigenvalue weighted by Gasteiger charge is 2.35. The monoisotopic (exact) mass is 676 g/mol. The Labute approximate surface area is 311 Å². The molecule has 0 fully saturated rings. The van der Waals surface area contributed by atoms with Crippen molar-refractivity contribution >= 4 is 27.7 Å². The molecule has 8 aromatic rings. The number of hydrogen-bond donors (Lipinski definition) is 0. The fourth-order valence-corrected chi connectivity index (χ4v) is 8.38. The van der Waals surface area contributed by atoms with Gasteiger partial charge >= 0.3 is 0 Å². The number of benzene rings is 7. The highest BCUT2D eigenvalue weighted by Crippen LogP contribution is 2.50. The Hall–Kier alpha value is -5.96. The van der Waals surface area contributed by atoms with Crippen molar-refractivity contribution in [3.8, 4) is 54.9 Å². The molecule has 1 aliphatic rings. The van der Waals surface area contributed by atoms with Crippen LogP contribution in [0.1, 0.15) is 31.8 Å². The average Bonchev–Trinajstić information content (AvgIpc) is 3.81. The molecule has 0 aliphatic heterocycles. The Morgan fingerprint density at radius 3 is 1.69 bits per heavy atom. The summed E-state index contributed by atoms with van der Waals surface area (Å²) in [6.07, 6.45) is 0. The van der Waals surface area contributed by atoms with E-state index < -0.39 is 6.04 Å². The van der Waals surface area contributed by atoms with Gasteiger partial charge in [-0.15, -0.1) is 11.3 Å². The lowest BCUT2D eigenvalue weighted by Crippen LogP contribution is -2.14. The van der Waals surface area contributed by atoms with Gasteiger partial charge in [0.25, 0.3) is 0 Å². The van der Waals surface area contributed by atoms with Crippen LogP contribution in [0.15, 0.2) is 188 Å². The van der Waals surface area contributed by atoms with Crippen LogP contribution >= 0.6 is 11.3 Å². The first-order valence-corrected chi connectivity index (χ1v) is 18.0. The van der Waals surface area contributed by atoms with Crippen molar-refractivity contribution in [3.63, 3.8) is 0 Å². The van der Waals surface area contributed by atoms with E-state index in [2.05, 4.69) is 134 Å². The first kappa shape index (κ1) is 25.9. The minimum Gasteiger partial charge on any atom is -0.302 e. The van der Waals surface area contributed by atoms with Crippen LogP contribution in [0.25, 0.3) is 54.9 Å². The molecule has 0 unspecified atom stereocenters. The quantitative estimate of drug-likeness (QED) is 0.162. The molecule has 7 aromatic carbocycles. The molecule has 0 atom stereocenters. The van der Waals surface area contributed by atoms with Crippen molar-refractivity contribution in [1.29, 1.82) is 0 Å². The summed E-state index contributed by atoms with van der Waals surface area (Å²) < 4.78 is 41.4. The van der Waals surface area contributed by atoms with Crippen molar-refractivity contribution in [3.05, 3.63) is 199 Å². The molecule has 0 spiro atoms. The van der Waals surface area contributed by atoms with Gasteiger partial charge in [0.15, 0.2) is 0 Å². The first-order valence-electron chi connectivity index (χ1n) is 19.7. The number of thiophene rings is 1. The molecule has 0 radical (unpaired) electrons. The molecule has 0 bridgehead atoms. The Kier molecular flexibility index (Phi) is 6.48. The maximum Gasteiger partial charge on any atom is 0.101 e. The van der Waals surface area contributed by atoms with E-state index in [1.54, 1.807) is 11.3 Å². The molecule has 0 saturated heterocycles. The third kappa shape index (κ3) is 5.68. The average molecular weight is 677 g/mol. The van der Waals surface area contributed by atoms with Crippen LogP contribution in [0.4, 0.5) is 16.4 Å². The first-order chi connectivity index (χ1) is 27.1. The zero-order valence-electron chi connectivity index (χ0n) is 33.4. The van der Waals surface area contributed by atoms with E-state index in [1.165, 1.54) is 33.4 Å². The summed E-state index contributed by atoms with van der Waals surface area (Å²) in [4.78, 5) is 3.34. The van der Waals surface area contributed by atoms with E-state index in [1.807, 2.05) is 42.5 Å². The standard InChI is InChI=1S/C49H37NS/c1-49(2)45-16-10-9-15-43(45)44-30-25-40(33-46(44)49)38-17-19-39(20-18-38)47-31-32-48(51-47)50(41-26-21-36(22-27-41)34-11-5-3-6-12-34)42-28-23-37(24-29-42)35-13-7-4-8-14-35/h3-33H,1-2H3/i3D,5D,6D,11D,12D. The maximum atomic E-state index is 8.51. The summed E-state index contributed by atoms with van der Waals surface area (Å²) in [5.74, 6) is 0. The molecule has 1 aromatic heterocycles. The summed E-state index contributed by atoms with van der Waals surface area (Å²) in [6, 6.07) is 53.6. The topological polar surface area (TPSA) is 3.24 Å². The Morgan fingerprint density at radius 1 is 0.451 bits per heavy atom. The number of fused-ring (bicyclic) bond motifs is 3. The SMILES string of the molecule is [2H]c1c([2H])c([2H])c(-c2ccc(N(c3ccc(-c4ccccc4)cc3)c3ccc(-c4ccc(-c5ccc6c(c5)C(C)(C)c5ccccc5-6)cc4)s3)cc2)c([2H])c1[2H]. The number of anilines is 3. The predicted molar refractivity (Wildman–Crippen MR) is 218 cm³/mol. The molecule has 0 saturated carbocycles. The van der Waals surface area contributed by atoms with Crippen LogP contribution in [0.2, 0.25) is 0 Å². The van der Waals surface area contributed by atoms with Gasteiger partial charge in [-0.25, -0.2) is 0 Å². The highest BCUT2D eigenvalue weighted by atomic mass is 32.1. The Balaban J connectivity index is 1.05. The van der Waals surface area contributed by atoms with Crippen LogP contribution in [0, 0.1) is 0 Å². The van der Waals surface area contributed by atoms with Gasteiger partial charge < -0.3 is 4.90 Å². The normalized spacial score (nSPS) is 14.0. The fourth-order valence-electron chi connectivity index (χ4n) is 7.32. The van der Waals surface area contributed by atoms with Crippen LogP contribution in [-0.2, 0) is 5.41 Å². The largest absolute Gasteiger partial charge is 0.302 e. The van der Waals surface area contributed by atoms with E-state index >= 15 is 0 Å². The van der Waals surface area contributed by atoms with Gasteiger partial charge in [0.05, 0.1) is 6.85 Å². The molecule has 0 N–H and O–H groups in total. The zero-order valence-corrected chi connectivity index (χ0v) is 29.2. The van der Waals surface area contributed by atoms with Crippen molar-refractivity contribution in [2.24, 2.45) is 0 Å². The molecular formula is C49H37NS. The molecule has 0 amide bonds. The maximum absolute atomic E-state index is 8.51. The van der Waals surface area contributed by atoms with Gasteiger partial charge in [-0.05, 0) is 104 Å². The van der Waals surface area contributed by atoms with Gasteiger partial charge in [0.2, 0.25) is 0 Å². The van der Waals surface area contributed by atoms with Crippen LogP contribution in [0.5, 0.6) is 0 Å². The number of rotatable bonds is 7. The van der Waals surface area contributed by atoms with Gasteiger partial charge in [-0.1, -0.05) is 159 Å². The lowest BCUT2D eigenvalue weighted by molar-refractivity contribution is 0.660. The summed E-state index contributed by atoms with van der Waals surface area (Å²) in [5.41, 5.74) is 13.7. The van der Waals surface area contributed by atoms with Crippen LogP contribution < -0.4 is 4.90 Å². The second kappa shape index (κ2) is 12.7. The zero-order chi connectivity index (χ0) is 38.7. The van der Waals surface area contributed by atoms with Crippen molar-refractivity contribution in [2.75, 3.05) is 4.90 Å². The fraction of sp³-hybridized carbons (Fsp3) is 0.0612. The van der Waals surface area contributed by atoms with E-state index in [-0.39, 0.29) is 35.1 Å². The predicted octanol–water partition coefficient (Wildman–Crippen LogP) is 14.2. The van der Waals surface area contributed by atoms with Gasteiger partial charge in [-0.3, -0.25) is 0 Å². The van der Waals surface area contributed by atoms with Crippen molar-refractivity contribution in [1.82, 2.24) is 0 Å². The van der Waals surface area contributed by atoms with Gasteiger partial charge in [0, 0.05) is 21.7 Å².